The fourth-order valence-electron chi connectivity index (χ4n) is 4.34. The predicted molar refractivity (Wildman–Crippen MR) is 124 cm³/mol. The summed E-state index contributed by atoms with van der Waals surface area (Å²) in [5.74, 6) is 0.875. The Labute approximate surface area is 185 Å². The lowest BCUT2D eigenvalue weighted by atomic mass is 9.98. The first-order chi connectivity index (χ1) is 14.8. The minimum absolute atomic E-state index is 0.0878. The molecule has 4 rings (SSSR count). The Bertz CT molecular complexity index is 1010. The Hall–Kier alpha value is -2.38. The van der Waals surface area contributed by atoms with Gasteiger partial charge in [-0.3, -0.25) is 4.79 Å². The average molecular weight is 442 g/mol. The number of hydrogen-bond donors (Lipinski definition) is 1. The molecular weight excluding hydrogens is 410 g/mol. The smallest absolute Gasteiger partial charge is 0.241 e. The van der Waals surface area contributed by atoms with E-state index in [1.807, 2.05) is 19.1 Å². The van der Waals surface area contributed by atoms with E-state index in [2.05, 4.69) is 28.7 Å². The van der Waals surface area contributed by atoms with Crippen LogP contribution in [0.25, 0.3) is 0 Å². The van der Waals surface area contributed by atoms with E-state index in [1.54, 1.807) is 29.2 Å². The van der Waals surface area contributed by atoms with Crippen LogP contribution in [0.1, 0.15) is 51.1 Å². The van der Waals surface area contributed by atoms with Crippen molar-refractivity contribution >= 4 is 27.3 Å². The van der Waals surface area contributed by atoms with Crippen molar-refractivity contribution in [1.29, 1.82) is 0 Å². The van der Waals surface area contributed by atoms with E-state index in [1.165, 1.54) is 18.5 Å². The molecule has 0 bridgehead atoms. The number of amides is 1. The zero-order valence-corrected chi connectivity index (χ0v) is 19.1. The van der Waals surface area contributed by atoms with Crippen LogP contribution in [-0.4, -0.2) is 34.0 Å². The number of hydrogen-bond acceptors (Lipinski definition) is 4. The van der Waals surface area contributed by atoms with Gasteiger partial charge in [0.15, 0.2) is 0 Å². The number of nitrogens with zero attached hydrogens (tertiary/aromatic N) is 2. The van der Waals surface area contributed by atoms with Crippen LogP contribution in [0, 0.1) is 5.92 Å². The number of carbonyl (C=O) groups excluding carboxylic acids is 1. The third-order valence-electron chi connectivity index (χ3n) is 6.41. The highest BCUT2D eigenvalue weighted by Gasteiger charge is 2.23. The molecule has 2 fully saturated rings. The number of sulfonamides is 1. The molecule has 2 saturated heterocycles. The van der Waals surface area contributed by atoms with Crippen LogP contribution in [0.15, 0.2) is 53.4 Å². The summed E-state index contributed by atoms with van der Waals surface area (Å²) in [5, 5.41) is 0. The minimum Gasteiger partial charge on any atom is -0.372 e. The summed E-state index contributed by atoms with van der Waals surface area (Å²) in [4.78, 5) is 16.2. The van der Waals surface area contributed by atoms with Gasteiger partial charge in [0, 0.05) is 43.5 Å². The fourth-order valence-corrected chi connectivity index (χ4v) is 5.57. The molecular formula is C24H31N3O3S. The van der Waals surface area contributed by atoms with Crippen molar-refractivity contribution in [2.24, 2.45) is 5.92 Å². The highest BCUT2D eigenvalue weighted by atomic mass is 32.2. The van der Waals surface area contributed by atoms with Crippen LogP contribution in [0.2, 0.25) is 0 Å². The number of benzene rings is 2. The van der Waals surface area contributed by atoms with Crippen LogP contribution in [0.5, 0.6) is 0 Å². The Morgan fingerprint density at radius 3 is 2.13 bits per heavy atom. The highest BCUT2D eigenvalue weighted by molar-refractivity contribution is 7.89. The van der Waals surface area contributed by atoms with Gasteiger partial charge in [0.1, 0.15) is 0 Å². The molecule has 2 aromatic rings. The lowest BCUT2D eigenvalue weighted by Crippen LogP contribution is -2.32. The van der Waals surface area contributed by atoms with E-state index in [9.17, 15) is 13.2 Å². The topological polar surface area (TPSA) is 69.7 Å². The number of carbonyl (C=O) groups is 1. The van der Waals surface area contributed by atoms with Crippen LogP contribution < -0.4 is 14.5 Å². The maximum Gasteiger partial charge on any atom is 0.241 e. The summed E-state index contributed by atoms with van der Waals surface area (Å²) in [6, 6.07) is 14.4. The molecule has 1 N–H and O–H groups in total. The summed E-state index contributed by atoms with van der Waals surface area (Å²) in [6.45, 7) is 6.98. The molecule has 1 atom stereocenters. The molecule has 31 heavy (non-hydrogen) atoms. The van der Waals surface area contributed by atoms with Gasteiger partial charge >= 0.3 is 0 Å². The second-order valence-electron chi connectivity index (χ2n) is 8.75. The molecule has 6 nitrogen and oxygen atoms in total. The third-order valence-corrected chi connectivity index (χ3v) is 7.96. The van der Waals surface area contributed by atoms with Crippen molar-refractivity contribution < 1.29 is 13.2 Å². The number of rotatable bonds is 6. The maximum atomic E-state index is 12.9. The molecule has 2 aliphatic heterocycles. The van der Waals surface area contributed by atoms with Crippen molar-refractivity contribution in [2.75, 3.05) is 29.4 Å². The molecule has 0 unspecified atom stereocenters. The quantitative estimate of drug-likeness (QED) is 0.733. The van der Waals surface area contributed by atoms with Gasteiger partial charge in [0.05, 0.1) is 4.90 Å². The average Bonchev–Trinajstić information content (AvgIpc) is 3.20. The Kier molecular flexibility index (Phi) is 6.34. The van der Waals surface area contributed by atoms with E-state index < -0.39 is 10.0 Å². The molecule has 0 radical (unpaired) electrons. The lowest BCUT2D eigenvalue weighted by Gasteiger charge is -2.32. The number of anilines is 2. The third kappa shape index (κ3) is 4.93. The van der Waals surface area contributed by atoms with Gasteiger partial charge < -0.3 is 9.80 Å². The van der Waals surface area contributed by atoms with E-state index in [0.717, 1.165) is 36.7 Å². The van der Waals surface area contributed by atoms with Crippen LogP contribution in [-0.2, 0) is 14.8 Å². The summed E-state index contributed by atoms with van der Waals surface area (Å²) in [5.41, 5.74) is 2.87. The highest BCUT2D eigenvalue weighted by Crippen LogP contribution is 2.26. The van der Waals surface area contributed by atoms with Gasteiger partial charge in [-0.1, -0.05) is 19.1 Å². The molecule has 2 aromatic carbocycles. The van der Waals surface area contributed by atoms with Crippen molar-refractivity contribution in [3.63, 3.8) is 0 Å². The Balaban J connectivity index is 1.41. The van der Waals surface area contributed by atoms with Crippen LogP contribution in [0.3, 0.4) is 0 Å². The van der Waals surface area contributed by atoms with Gasteiger partial charge in [0.25, 0.3) is 0 Å². The molecule has 0 aliphatic carbocycles. The standard InChI is InChI=1S/C24H31N3O3S/c1-18-13-16-26(17-14-18)21-7-5-20(6-8-21)19(2)25-31(29,30)23-11-9-22(10-12-23)27-15-3-4-24(27)28/h5-12,18-19,25H,3-4,13-17H2,1-2H3/t19-/m1/s1. The first kappa shape index (κ1) is 21.8. The molecule has 0 saturated carbocycles. The Morgan fingerprint density at radius 1 is 0.935 bits per heavy atom. The maximum absolute atomic E-state index is 12.9. The zero-order valence-electron chi connectivity index (χ0n) is 18.3. The summed E-state index contributed by atoms with van der Waals surface area (Å²) >= 11 is 0. The first-order valence-corrected chi connectivity index (χ1v) is 12.6. The fraction of sp³-hybridized carbons (Fsp3) is 0.458. The Morgan fingerprint density at radius 2 is 1.55 bits per heavy atom. The second-order valence-corrected chi connectivity index (χ2v) is 10.5. The van der Waals surface area contributed by atoms with Crippen molar-refractivity contribution in [3.05, 3.63) is 54.1 Å². The van der Waals surface area contributed by atoms with Gasteiger partial charge in [-0.25, -0.2) is 13.1 Å². The molecule has 0 aromatic heterocycles. The second kappa shape index (κ2) is 9.01. The largest absolute Gasteiger partial charge is 0.372 e. The van der Waals surface area contributed by atoms with E-state index in [4.69, 9.17) is 0 Å². The van der Waals surface area contributed by atoms with Crippen LogP contribution >= 0.6 is 0 Å². The van der Waals surface area contributed by atoms with Gasteiger partial charge in [0.2, 0.25) is 15.9 Å². The lowest BCUT2D eigenvalue weighted by molar-refractivity contribution is -0.117. The van der Waals surface area contributed by atoms with Crippen LogP contribution in [0.4, 0.5) is 11.4 Å². The van der Waals surface area contributed by atoms with Crippen molar-refractivity contribution in [2.45, 2.75) is 50.5 Å². The van der Waals surface area contributed by atoms with E-state index >= 15 is 0 Å². The van der Waals surface area contributed by atoms with Gasteiger partial charge in [-0.05, 0) is 74.1 Å². The monoisotopic (exact) mass is 441 g/mol. The van der Waals surface area contributed by atoms with E-state index in [-0.39, 0.29) is 16.8 Å². The van der Waals surface area contributed by atoms with Gasteiger partial charge in [-0.2, -0.15) is 0 Å². The molecule has 1 amide bonds. The molecule has 166 valence electrons. The summed E-state index contributed by atoms with van der Waals surface area (Å²) in [6.07, 6.45) is 3.81. The molecule has 2 heterocycles. The van der Waals surface area contributed by atoms with Crippen molar-refractivity contribution in [3.8, 4) is 0 Å². The molecule has 0 spiro atoms. The number of piperidine rings is 1. The van der Waals surface area contributed by atoms with Gasteiger partial charge in [-0.15, -0.1) is 0 Å². The predicted octanol–water partition coefficient (Wildman–Crippen LogP) is 4.09. The SMILES string of the molecule is CC1CCN(c2ccc([C@@H](C)NS(=O)(=O)c3ccc(N4CCCC4=O)cc3)cc2)CC1. The summed E-state index contributed by atoms with van der Waals surface area (Å²) in [7, 11) is -3.66. The number of nitrogens with one attached hydrogen (secondary N) is 1. The minimum atomic E-state index is -3.66. The summed E-state index contributed by atoms with van der Waals surface area (Å²) < 4.78 is 28.5. The zero-order chi connectivity index (χ0) is 22.0. The first-order valence-electron chi connectivity index (χ1n) is 11.1. The normalized spacial score (nSPS) is 19.1. The molecule has 7 heteroatoms. The molecule has 2 aliphatic rings. The van der Waals surface area contributed by atoms with E-state index in [0.29, 0.717) is 13.0 Å². The van der Waals surface area contributed by atoms with Crippen molar-refractivity contribution in [1.82, 2.24) is 4.72 Å².